The molecule has 1 aliphatic carbocycles. The van der Waals surface area contributed by atoms with Gasteiger partial charge in [-0.05, 0) is 30.6 Å². The summed E-state index contributed by atoms with van der Waals surface area (Å²) < 4.78 is 5.07. The fourth-order valence-electron chi connectivity index (χ4n) is 2.06. The van der Waals surface area contributed by atoms with Gasteiger partial charge in [-0.3, -0.25) is 4.79 Å². The first-order valence-electron chi connectivity index (χ1n) is 6.41. The zero-order valence-electron chi connectivity index (χ0n) is 11.5. The molecule has 1 aliphatic rings. The summed E-state index contributed by atoms with van der Waals surface area (Å²) in [6.45, 7) is 0. The second-order valence-corrected chi connectivity index (χ2v) is 4.65. The van der Waals surface area contributed by atoms with Crippen LogP contribution in [0, 0.1) is 5.92 Å². The van der Waals surface area contributed by atoms with Crippen molar-refractivity contribution >= 4 is 5.78 Å². The Kier molecular flexibility index (Phi) is 4.33. The molecule has 110 valence electrons. The van der Waals surface area contributed by atoms with E-state index < -0.39 is 17.3 Å². The summed E-state index contributed by atoms with van der Waals surface area (Å²) in [5, 5.41) is 28.5. The number of rotatable bonds is 4. The maximum Gasteiger partial charge on any atom is 0.193 e. The van der Waals surface area contributed by atoms with Gasteiger partial charge in [0.05, 0.1) is 7.11 Å². The van der Waals surface area contributed by atoms with E-state index in [0.717, 1.165) is 17.9 Å². The van der Waals surface area contributed by atoms with Gasteiger partial charge in [0.25, 0.3) is 0 Å². The molecule has 0 aliphatic heterocycles. The van der Waals surface area contributed by atoms with E-state index >= 15 is 0 Å². The van der Waals surface area contributed by atoms with Crippen molar-refractivity contribution in [2.45, 2.75) is 6.42 Å². The largest absolute Gasteiger partial charge is 0.508 e. The highest BCUT2D eigenvalue weighted by Gasteiger charge is 2.16. The lowest BCUT2D eigenvalue weighted by Crippen LogP contribution is -2.00. The van der Waals surface area contributed by atoms with Crippen molar-refractivity contribution in [3.05, 3.63) is 53.8 Å². The number of aromatic hydroxyl groups is 3. The number of allylic oxidation sites excluding steroid dienone is 5. The van der Waals surface area contributed by atoms with Crippen LogP contribution in [0.5, 0.6) is 17.2 Å². The summed E-state index contributed by atoms with van der Waals surface area (Å²) in [5.41, 5.74) is -0.225. The van der Waals surface area contributed by atoms with Crippen molar-refractivity contribution in [1.82, 2.24) is 0 Å². The van der Waals surface area contributed by atoms with Crippen LogP contribution >= 0.6 is 0 Å². The van der Waals surface area contributed by atoms with E-state index in [1.54, 1.807) is 13.2 Å². The Morgan fingerprint density at radius 1 is 1.29 bits per heavy atom. The third kappa shape index (κ3) is 3.45. The number of ether oxygens (including phenoxy) is 1. The van der Waals surface area contributed by atoms with Gasteiger partial charge in [0, 0.05) is 12.1 Å². The van der Waals surface area contributed by atoms with Crippen LogP contribution in [0.2, 0.25) is 0 Å². The summed E-state index contributed by atoms with van der Waals surface area (Å²) in [7, 11) is 1.59. The van der Waals surface area contributed by atoms with Crippen molar-refractivity contribution < 1.29 is 24.9 Å². The van der Waals surface area contributed by atoms with E-state index in [1.807, 2.05) is 18.2 Å². The Balaban J connectivity index is 2.11. The molecule has 21 heavy (non-hydrogen) atoms. The quantitative estimate of drug-likeness (QED) is 0.585. The first-order valence-corrected chi connectivity index (χ1v) is 6.41. The highest BCUT2D eigenvalue weighted by Crippen LogP contribution is 2.32. The Morgan fingerprint density at radius 2 is 1.95 bits per heavy atom. The van der Waals surface area contributed by atoms with Gasteiger partial charge in [-0.2, -0.15) is 0 Å². The smallest absolute Gasteiger partial charge is 0.193 e. The van der Waals surface area contributed by atoms with Crippen LogP contribution in [0.1, 0.15) is 16.8 Å². The molecular weight excluding hydrogens is 272 g/mol. The number of methoxy groups -OCH3 is 1. The minimum atomic E-state index is -0.528. The van der Waals surface area contributed by atoms with Crippen molar-refractivity contribution in [2.24, 2.45) is 5.92 Å². The average molecular weight is 288 g/mol. The predicted molar refractivity (Wildman–Crippen MR) is 77.2 cm³/mol. The molecule has 0 saturated carbocycles. The van der Waals surface area contributed by atoms with Gasteiger partial charge in [0.2, 0.25) is 0 Å². The van der Waals surface area contributed by atoms with E-state index in [-0.39, 0.29) is 17.2 Å². The van der Waals surface area contributed by atoms with Gasteiger partial charge < -0.3 is 20.1 Å². The zero-order chi connectivity index (χ0) is 15.4. The van der Waals surface area contributed by atoms with Crippen molar-refractivity contribution in [1.29, 1.82) is 0 Å². The molecule has 0 radical (unpaired) electrons. The summed E-state index contributed by atoms with van der Waals surface area (Å²) in [6, 6.07) is 2.02. The van der Waals surface area contributed by atoms with E-state index in [2.05, 4.69) is 0 Å². The first-order chi connectivity index (χ1) is 10.0. The number of hydrogen-bond donors (Lipinski definition) is 3. The fourth-order valence-corrected chi connectivity index (χ4v) is 2.06. The zero-order valence-corrected chi connectivity index (χ0v) is 11.5. The summed E-state index contributed by atoms with van der Waals surface area (Å²) >= 11 is 0. The van der Waals surface area contributed by atoms with E-state index in [4.69, 9.17) is 4.74 Å². The minimum absolute atomic E-state index is 0.0502. The summed E-state index contributed by atoms with van der Waals surface area (Å²) in [6.07, 6.45) is 9.32. The standard InChI is InChI=1S/C16H16O5/c1-21-12-5-2-10(3-6-12)4-7-13(18)16-14(19)8-11(17)9-15(16)20/h2,4-10,17,19-20H,3H2,1H3. The van der Waals surface area contributed by atoms with Gasteiger partial charge in [-0.15, -0.1) is 0 Å². The topological polar surface area (TPSA) is 87.0 Å². The molecule has 1 aromatic rings. The van der Waals surface area contributed by atoms with E-state index in [9.17, 15) is 20.1 Å². The van der Waals surface area contributed by atoms with Crippen LogP contribution in [0.25, 0.3) is 0 Å². The highest BCUT2D eigenvalue weighted by atomic mass is 16.5. The number of phenols is 3. The fraction of sp³-hybridized carbons (Fsp3) is 0.188. The lowest BCUT2D eigenvalue weighted by atomic mass is 9.98. The highest BCUT2D eigenvalue weighted by molar-refractivity contribution is 6.08. The van der Waals surface area contributed by atoms with Crippen LogP contribution in [0.3, 0.4) is 0 Å². The molecule has 5 nitrogen and oxygen atoms in total. The van der Waals surface area contributed by atoms with E-state index in [1.165, 1.54) is 6.08 Å². The molecule has 5 heteroatoms. The van der Waals surface area contributed by atoms with Crippen molar-refractivity contribution in [3.8, 4) is 17.2 Å². The average Bonchev–Trinajstić information content (AvgIpc) is 2.44. The second kappa shape index (κ2) is 6.17. The molecule has 1 unspecified atom stereocenters. The number of hydrogen-bond acceptors (Lipinski definition) is 5. The Morgan fingerprint density at radius 3 is 2.48 bits per heavy atom. The van der Waals surface area contributed by atoms with Crippen LogP contribution in [-0.4, -0.2) is 28.2 Å². The van der Waals surface area contributed by atoms with E-state index in [0.29, 0.717) is 6.42 Å². The molecule has 3 N–H and O–H groups in total. The molecule has 0 amide bonds. The van der Waals surface area contributed by atoms with Gasteiger partial charge in [-0.25, -0.2) is 0 Å². The normalized spacial score (nSPS) is 17.8. The number of phenolic OH excluding ortho intramolecular Hbond substituents is 3. The first kappa shape index (κ1) is 14.7. The Bertz CT molecular complexity index is 617. The molecule has 0 spiro atoms. The van der Waals surface area contributed by atoms with Gasteiger partial charge in [0.15, 0.2) is 5.78 Å². The molecule has 0 bridgehead atoms. The molecule has 1 aromatic carbocycles. The van der Waals surface area contributed by atoms with Crippen molar-refractivity contribution in [3.63, 3.8) is 0 Å². The number of benzene rings is 1. The number of ketones is 1. The molecule has 2 rings (SSSR count). The van der Waals surface area contributed by atoms with Crippen LogP contribution in [0.4, 0.5) is 0 Å². The lowest BCUT2D eigenvalue weighted by molar-refractivity contribution is 0.104. The van der Waals surface area contributed by atoms with Crippen LogP contribution < -0.4 is 0 Å². The maximum absolute atomic E-state index is 12.0. The minimum Gasteiger partial charge on any atom is -0.508 e. The van der Waals surface area contributed by atoms with Gasteiger partial charge in [0.1, 0.15) is 28.6 Å². The number of carbonyl (C=O) groups excluding carboxylic acids is 1. The lowest BCUT2D eigenvalue weighted by Gasteiger charge is -2.11. The van der Waals surface area contributed by atoms with Crippen LogP contribution in [0.15, 0.2) is 48.3 Å². The Hall–Kier alpha value is -2.69. The monoisotopic (exact) mass is 288 g/mol. The maximum atomic E-state index is 12.0. The number of carbonyl (C=O) groups is 1. The molecule has 1 atom stereocenters. The molecule has 0 aromatic heterocycles. The molecule has 0 heterocycles. The summed E-state index contributed by atoms with van der Waals surface area (Å²) in [5.74, 6) is -0.919. The third-order valence-electron chi connectivity index (χ3n) is 3.16. The molecule has 0 fully saturated rings. The summed E-state index contributed by atoms with van der Waals surface area (Å²) in [4.78, 5) is 12.0. The van der Waals surface area contributed by atoms with Gasteiger partial charge >= 0.3 is 0 Å². The molecular formula is C16H16O5. The van der Waals surface area contributed by atoms with Crippen LogP contribution in [-0.2, 0) is 4.74 Å². The van der Waals surface area contributed by atoms with Gasteiger partial charge in [-0.1, -0.05) is 12.2 Å². The third-order valence-corrected chi connectivity index (χ3v) is 3.16. The molecule has 0 saturated heterocycles. The van der Waals surface area contributed by atoms with Crippen molar-refractivity contribution in [2.75, 3.05) is 7.11 Å². The Labute approximate surface area is 122 Å². The predicted octanol–water partition coefficient (Wildman–Crippen LogP) is 2.65. The second-order valence-electron chi connectivity index (χ2n) is 4.65. The SMILES string of the molecule is COC1=CCC(C=CC(=O)c2c(O)cc(O)cc2O)C=C1.